The Labute approximate surface area is 213 Å². The number of hydrogen-bond donors (Lipinski definition) is 3. The third kappa shape index (κ3) is 7.29. The number of thiocarbonyl (C=S) groups is 1. The Hall–Kier alpha value is -2.94. The predicted octanol–water partition coefficient (Wildman–Crippen LogP) is 4.09. The van der Waals surface area contributed by atoms with Crippen LogP contribution in [-0.4, -0.2) is 52.0 Å². The summed E-state index contributed by atoms with van der Waals surface area (Å²) in [5.41, 5.74) is 0.798. The van der Waals surface area contributed by atoms with Crippen LogP contribution in [0.5, 0.6) is 5.88 Å². The number of rotatable bonds is 9. The number of halogens is 4. The van der Waals surface area contributed by atoms with E-state index in [1.807, 2.05) is 0 Å². The summed E-state index contributed by atoms with van der Waals surface area (Å²) in [6.07, 6.45) is 0.514. The van der Waals surface area contributed by atoms with E-state index in [0.717, 1.165) is 16.2 Å². The highest BCUT2D eigenvalue weighted by molar-refractivity contribution is 7.80. The first-order valence-corrected chi connectivity index (χ1v) is 12.1. The number of esters is 1. The number of hydrogen-bond acceptors (Lipinski definition) is 7. The fourth-order valence-electron chi connectivity index (χ4n) is 3.71. The first-order valence-electron chi connectivity index (χ1n) is 10.9. The van der Waals surface area contributed by atoms with Crippen LogP contribution in [0.4, 0.5) is 28.4 Å². The van der Waals surface area contributed by atoms with Crippen molar-refractivity contribution in [2.45, 2.75) is 58.1 Å². The summed E-state index contributed by atoms with van der Waals surface area (Å²) in [7, 11) is 1.53. The largest absolute Gasteiger partial charge is 0.462 e. The van der Waals surface area contributed by atoms with Gasteiger partial charge in [-0.25, -0.2) is 18.3 Å². The van der Waals surface area contributed by atoms with Gasteiger partial charge in [-0.1, -0.05) is 0 Å². The van der Waals surface area contributed by atoms with Crippen molar-refractivity contribution in [2.24, 2.45) is 7.05 Å². The maximum atomic E-state index is 13.3. The van der Waals surface area contributed by atoms with Gasteiger partial charge in [0, 0.05) is 24.0 Å². The molecule has 0 spiro atoms. The molecule has 0 radical (unpaired) electrons. The minimum absolute atomic E-state index is 0.0987. The lowest BCUT2D eigenvalue weighted by atomic mass is 9.91. The van der Waals surface area contributed by atoms with Crippen molar-refractivity contribution in [2.75, 3.05) is 17.2 Å². The van der Waals surface area contributed by atoms with Crippen LogP contribution < -0.4 is 20.7 Å². The Bertz CT molecular complexity index is 1130. The molecular formula is C21H25F4N5O4S2. The summed E-state index contributed by atoms with van der Waals surface area (Å²) >= 11 is 6.50. The fraction of sp³-hybridized carbons (Fsp3) is 0.524. The maximum Gasteiger partial charge on any atom is 0.388 e. The Kier molecular flexibility index (Phi) is 8.76. The molecule has 0 saturated heterocycles. The van der Waals surface area contributed by atoms with Crippen molar-refractivity contribution in [3.05, 3.63) is 22.1 Å². The number of alkyl halides is 4. The third-order valence-electron chi connectivity index (χ3n) is 5.11. The molecule has 0 unspecified atom stereocenters. The highest BCUT2D eigenvalue weighted by Gasteiger charge is 2.32. The number of ether oxygens (including phenoxy) is 2. The smallest absolute Gasteiger partial charge is 0.388 e. The van der Waals surface area contributed by atoms with Gasteiger partial charge in [-0.05, 0) is 50.9 Å². The quantitative estimate of drug-likeness (QED) is 0.243. The van der Waals surface area contributed by atoms with Gasteiger partial charge >= 0.3 is 12.6 Å². The van der Waals surface area contributed by atoms with E-state index >= 15 is 0 Å². The van der Waals surface area contributed by atoms with E-state index in [9.17, 15) is 27.2 Å². The Morgan fingerprint density at radius 2 is 2.08 bits per heavy atom. The summed E-state index contributed by atoms with van der Waals surface area (Å²) < 4.78 is 62.1. The van der Waals surface area contributed by atoms with Crippen LogP contribution in [0.15, 0.2) is 6.07 Å². The van der Waals surface area contributed by atoms with E-state index < -0.39 is 30.8 Å². The molecular weight excluding hydrogens is 526 g/mol. The molecule has 15 heteroatoms. The van der Waals surface area contributed by atoms with Gasteiger partial charge in [0.1, 0.15) is 10.8 Å². The van der Waals surface area contributed by atoms with Crippen LogP contribution in [0, 0.1) is 0 Å². The summed E-state index contributed by atoms with van der Waals surface area (Å²) in [5, 5.41) is 12.6. The standard InChI is InChI=1S/C21H25F4N5O4S2/c1-4-33-18(32)16-11-7-10(5-6-12(11)36-17(16)28-14(31)9-21(2,24)25)26-20(35)27-13-8-15(29-30(13)3)34-19(22)23/h8,10,19H,4-7,9H2,1-3H3,(H,28,31)(H2,26,27,35)/t10-/m0/s1. The minimum Gasteiger partial charge on any atom is -0.462 e. The lowest BCUT2D eigenvalue weighted by molar-refractivity contribution is -0.122. The summed E-state index contributed by atoms with van der Waals surface area (Å²) in [4.78, 5) is 25.7. The zero-order valence-electron chi connectivity index (χ0n) is 19.6. The third-order valence-corrected chi connectivity index (χ3v) is 6.54. The lowest BCUT2D eigenvalue weighted by Crippen LogP contribution is -2.41. The topological polar surface area (TPSA) is 107 Å². The number of anilines is 2. The number of fused-ring (bicyclic) bond motifs is 1. The molecule has 0 saturated carbocycles. The van der Waals surface area contributed by atoms with E-state index in [-0.39, 0.29) is 34.2 Å². The fourth-order valence-corrected chi connectivity index (χ4v) is 5.23. The van der Waals surface area contributed by atoms with Crippen LogP contribution in [0.2, 0.25) is 0 Å². The van der Waals surface area contributed by atoms with Crippen molar-refractivity contribution in [3.8, 4) is 5.88 Å². The Morgan fingerprint density at radius 3 is 2.72 bits per heavy atom. The van der Waals surface area contributed by atoms with Gasteiger partial charge in [-0.2, -0.15) is 8.78 Å². The normalized spacial score (nSPS) is 15.3. The number of nitrogens with one attached hydrogen (secondary N) is 3. The van der Waals surface area contributed by atoms with Crippen LogP contribution in [0.25, 0.3) is 0 Å². The van der Waals surface area contributed by atoms with Crippen molar-refractivity contribution in [3.63, 3.8) is 0 Å². The number of carbonyl (C=O) groups is 2. The van der Waals surface area contributed by atoms with E-state index in [1.165, 1.54) is 17.8 Å². The second kappa shape index (κ2) is 11.4. The minimum atomic E-state index is -3.19. The molecule has 9 nitrogen and oxygen atoms in total. The van der Waals surface area contributed by atoms with Gasteiger partial charge in [0.15, 0.2) is 5.11 Å². The summed E-state index contributed by atoms with van der Waals surface area (Å²) in [6.45, 7) is -0.635. The number of amides is 1. The van der Waals surface area contributed by atoms with Crippen molar-refractivity contribution < 1.29 is 36.6 Å². The predicted molar refractivity (Wildman–Crippen MR) is 129 cm³/mol. The first kappa shape index (κ1) is 27.6. The molecule has 1 aliphatic carbocycles. The zero-order valence-corrected chi connectivity index (χ0v) is 21.3. The molecule has 2 heterocycles. The van der Waals surface area contributed by atoms with Crippen LogP contribution >= 0.6 is 23.6 Å². The monoisotopic (exact) mass is 551 g/mol. The number of thiophene rings is 1. The zero-order chi connectivity index (χ0) is 26.6. The maximum absolute atomic E-state index is 13.3. The molecule has 0 aliphatic heterocycles. The number of aromatic nitrogens is 2. The Morgan fingerprint density at radius 1 is 1.36 bits per heavy atom. The second-order valence-corrected chi connectivity index (χ2v) is 9.65. The van der Waals surface area contributed by atoms with E-state index in [2.05, 4.69) is 25.8 Å². The van der Waals surface area contributed by atoms with E-state index in [0.29, 0.717) is 37.6 Å². The van der Waals surface area contributed by atoms with E-state index in [1.54, 1.807) is 6.92 Å². The molecule has 3 rings (SSSR count). The van der Waals surface area contributed by atoms with Crippen LogP contribution in [-0.2, 0) is 29.4 Å². The first-order chi connectivity index (χ1) is 16.9. The second-order valence-electron chi connectivity index (χ2n) is 8.13. The molecule has 3 N–H and O–H groups in total. The molecule has 0 bridgehead atoms. The molecule has 1 aliphatic rings. The molecule has 0 aromatic carbocycles. The average molecular weight is 552 g/mol. The summed E-state index contributed by atoms with van der Waals surface area (Å²) in [6, 6.07) is 1.06. The number of nitrogens with zero attached hydrogens (tertiary/aromatic N) is 2. The van der Waals surface area contributed by atoms with Gasteiger partial charge in [0.25, 0.3) is 5.92 Å². The van der Waals surface area contributed by atoms with Crippen molar-refractivity contribution in [1.82, 2.24) is 15.1 Å². The van der Waals surface area contributed by atoms with Crippen molar-refractivity contribution in [1.29, 1.82) is 0 Å². The average Bonchev–Trinajstić information content (AvgIpc) is 3.24. The highest BCUT2D eigenvalue weighted by atomic mass is 32.1. The van der Waals surface area contributed by atoms with Crippen LogP contribution in [0.3, 0.4) is 0 Å². The van der Waals surface area contributed by atoms with Gasteiger partial charge in [-0.15, -0.1) is 16.4 Å². The molecule has 36 heavy (non-hydrogen) atoms. The van der Waals surface area contributed by atoms with E-state index in [4.69, 9.17) is 17.0 Å². The van der Waals surface area contributed by atoms with Gasteiger partial charge < -0.3 is 25.4 Å². The lowest BCUT2D eigenvalue weighted by Gasteiger charge is -2.25. The number of aryl methyl sites for hydroxylation is 2. The van der Waals surface area contributed by atoms with Gasteiger partial charge in [0.05, 0.1) is 18.6 Å². The number of carbonyl (C=O) groups excluding carboxylic acids is 2. The molecule has 0 fully saturated rings. The molecule has 2 aromatic heterocycles. The summed E-state index contributed by atoms with van der Waals surface area (Å²) in [5.74, 6) is -4.70. The SMILES string of the molecule is CCOC(=O)c1c(NC(=O)CC(C)(F)F)sc2c1C[C@@H](NC(=S)Nc1cc(OC(F)F)nn1C)CC2. The molecule has 1 atom stereocenters. The van der Waals surface area contributed by atoms with Gasteiger partial charge in [0.2, 0.25) is 11.8 Å². The molecule has 2 aromatic rings. The molecule has 198 valence electrons. The van der Waals surface area contributed by atoms with Gasteiger partial charge in [-0.3, -0.25) is 4.79 Å². The van der Waals surface area contributed by atoms with Crippen LogP contribution in [0.1, 0.15) is 47.5 Å². The highest BCUT2D eigenvalue weighted by Crippen LogP contribution is 2.39. The van der Waals surface area contributed by atoms with Crippen molar-refractivity contribution >= 4 is 51.4 Å². The molecule has 1 amide bonds. The Balaban J connectivity index is 1.73.